The standard InChI is InChI=1S/C30H26BrClN2O5S/c1-34(18-19-8-4-2-5-9-19)40(37,38)28-25(20-10-6-3-7-11-20)30(21-12-14-22(31)15-13-21)29(28,36)27(35)26-24(39-30)16-23(32)17-33-26/h2-16,25,28,33,36H,17-18H2,1H3. The number of Topliss-reactive ketones (excluding diaryl/α,β-unsaturated/α-hetero) is 1. The zero-order valence-electron chi connectivity index (χ0n) is 21.4. The number of benzene rings is 3. The van der Waals surface area contributed by atoms with Crippen LogP contribution in [0.3, 0.4) is 0 Å². The first-order valence-corrected chi connectivity index (χ1v) is 15.4. The number of carbonyl (C=O) groups is 1. The van der Waals surface area contributed by atoms with Crippen LogP contribution in [0, 0.1) is 0 Å². The van der Waals surface area contributed by atoms with Crippen molar-refractivity contribution >= 4 is 43.3 Å². The van der Waals surface area contributed by atoms with Crippen LogP contribution in [0.4, 0.5) is 0 Å². The van der Waals surface area contributed by atoms with Crippen LogP contribution >= 0.6 is 27.5 Å². The Balaban J connectivity index is 1.58. The van der Waals surface area contributed by atoms with E-state index in [1.54, 1.807) is 54.6 Å². The molecule has 4 atom stereocenters. The average molecular weight is 642 g/mol. The quantitative estimate of drug-likeness (QED) is 0.411. The summed E-state index contributed by atoms with van der Waals surface area (Å²) in [6.07, 6.45) is 1.55. The van der Waals surface area contributed by atoms with Crippen LogP contribution in [0.25, 0.3) is 0 Å². The van der Waals surface area contributed by atoms with Crippen molar-refractivity contribution in [2.75, 3.05) is 13.6 Å². The second-order valence-corrected chi connectivity index (χ2v) is 13.8. The average Bonchev–Trinajstić information content (AvgIpc) is 2.94. The lowest BCUT2D eigenvalue weighted by Gasteiger charge is -2.66. The Morgan fingerprint density at radius 1 is 1.05 bits per heavy atom. The number of halogens is 2. The monoisotopic (exact) mass is 640 g/mol. The van der Waals surface area contributed by atoms with Crippen molar-refractivity contribution in [3.63, 3.8) is 0 Å². The molecule has 0 radical (unpaired) electrons. The van der Waals surface area contributed by atoms with E-state index in [1.165, 1.54) is 11.4 Å². The molecule has 40 heavy (non-hydrogen) atoms. The first-order chi connectivity index (χ1) is 19.1. The van der Waals surface area contributed by atoms with Crippen molar-refractivity contribution in [3.8, 4) is 0 Å². The van der Waals surface area contributed by atoms with E-state index in [4.69, 9.17) is 16.3 Å². The summed E-state index contributed by atoms with van der Waals surface area (Å²) in [6.45, 7) is 0.229. The molecule has 2 aliphatic heterocycles. The molecule has 10 heteroatoms. The molecule has 7 nitrogen and oxygen atoms in total. The number of sulfonamides is 1. The number of ether oxygens (including phenoxy) is 1. The van der Waals surface area contributed by atoms with Gasteiger partial charge in [-0.1, -0.05) is 100 Å². The van der Waals surface area contributed by atoms with Gasteiger partial charge in [-0.25, -0.2) is 12.7 Å². The first kappa shape index (κ1) is 27.2. The number of rotatable bonds is 6. The van der Waals surface area contributed by atoms with Gasteiger partial charge in [0.15, 0.2) is 11.2 Å². The molecule has 3 aromatic rings. The molecule has 4 unspecified atom stereocenters. The van der Waals surface area contributed by atoms with Crippen LogP contribution < -0.4 is 5.32 Å². The van der Waals surface area contributed by atoms with Crippen molar-refractivity contribution in [3.05, 3.63) is 129 Å². The van der Waals surface area contributed by atoms with Crippen molar-refractivity contribution in [1.82, 2.24) is 9.62 Å². The van der Waals surface area contributed by atoms with E-state index in [1.807, 2.05) is 36.4 Å². The van der Waals surface area contributed by atoms with Gasteiger partial charge in [-0.2, -0.15) is 0 Å². The molecule has 1 fully saturated rings. The Morgan fingerprint density at radius 3 is 2.33 bits per heavy atom. The fourth-order valence-electron chi connectivity index (χ4n) is 6.15. The van der Waals surface area contributed by atoms with E-state index in [-0.39, 0.29) is 24.5 Å². The van der Waals surface area contributed by atoms with E-state index in [0.29, 0.717) is 16.2 Å². The van der Waals surface area contributed by atoms with Crippen molar-refractivity contribution < 1.29 is 23.1 Å². The summed E-state index contributed by atoms with van der Waals surface area (Å²) in [4.78, 5) is 14.3. The van der Waals surface area contributed by atoms with Crippen LogP contribution in [0.15, 0.2) is 112 Å². The third-order valence-corrected chi connectivity index (χ3v) is 11.0. The minimum Gasteiger partial charge on any atom is -0.476 e. The summed E-state index contributed by atoms with van der Waals surface area (Å²) >= 11 is 9.75. The first-order valence-electron chi connectivity index (χ1n) is 12.7. The number of carbonyl (C=O) groups excluding carboxylic acids is 1. The number of dihydropyridines is 1. The fraction of sp³-hybridized carbons (Fsp3) is 0.233. The molecule has 1 saturated carbocycles. The van der Waals surface area contributed by atoms with Gasteiger partial charge >= 0.3 is 0 Å². The van der Waals surface area contributed by atoms with Gasteiger partial charge in [-0.15, -0.1) is 0 Å². The van der Waals surface area contributed by atoms with Gasteiger partial charge in [0, 0.05) is 23.1 Å². The number of hydrogen-bond donors (Lipinski definition) is 2. The molecular weight excluding hydrogens is 616 g/mol. The molecule has 3 aliphatic rings. The van der Waals surface area contributed by atoms with Crippen LogP contribution in [0.5, 0.6) is 0 Å². The summed E-state index contributed by atoms with van der Waals surface area (Å²) in [5, 5.41) is 14.4. The molecule has 2 N–H and O–H groups in total. The second-order valence-electron chi connectivity index (χ2n) is 10.2. The number of ketones is 1. The number of hydrogen-bond acceptors (Lipinski definition) is 6. The molecule has 2 heterocycles. The summed E-state index contributed by atoms with van der Waals surface area (Å²) in [5.74, 6) is -1.51. The fourth-order valence-corrected chi connectivity index (χ4v) is 8.70. The largest absolute Gasteiger partial charge is 0.476 e. The molecule has 206 valence electrons. The Bertz CT molecular complexity index is 1650. The molecular formula is C30H26BrClN2O5S. The van der Waals surface area contributed by atoms with Gasteiger partial charge in [0.25, 0.3) is 0 Å². The molecule has 3 aromatic carbocycles. The summed E-state index contributed by atoms with van der Waals surface area (Å²) in [6, 6.07) is 25.2. The van der Waals surface area contributed by atoms with E-state index >= 15 is 0 Å². The Kier molecular flexibility index (Phi) is 6.71. The topological polar surface area (TPSA) is 95.9 Å². The lowest BCUT2D eigenvalue weighted by Crippen LogP contribution is -2.83. The van der Waals surface area contributed by atoms with Gasteiger partial charge in [0.05, 0.1) is 12.5 Å². The lowest BCUT2D eigenvalue weighted by atomic mass is 9.49. The molecule has 1 aliphatic carbocycles. The lowest BCUT2D eigenvalue weighted by molar-refractivity contribution is -0.246. The zero-order valence-corrected chi connectivity index (χ0v) is 24.6. The highest BCUT2D eigenvalue weighted by atomic mass is 79.9. The molecule has 0 aromatic heterocycles. The van der Waals surface area contributed by atoms with E-state index in [9.17, 15) is 18.3 Å². The Labute approximate surface area is 246 Å². The number of aliphatic hydroxyl groups is 1. The van der Waals surface area contributed by atoms with Gasteiger partial charge in [-0.05, 0) is 34.9 Å². The molecule has 6 rings (SSSR count). The minimum atomic E-state index is -4.28. The SMILES string of the molecule is CN(Cc1ccccc1)S(=O)(=O)C1C(c2ccccc2)C2(c3ccc(Br)cc3)OC3=C(NCC(Cl)=C3)C(=O)C12O. The predicted octanol–water partition coefficient (Wildman–Crippen LogP) is 4.54. The molecule has 0 amide bonds. The summed E-state index contributed by atoms with van der Waals surface area (Å²) < 4.78 is 37.5. The number of allylic oxidation sites excluding steroid dienone is 1. The molecule has 0 spiro atoms. The second kappa shape index (κ2) is 9.85. The predicted molar refractivity (Wildman–Crippen MR) is 156 cm³/mol. The van der Waals surface area contributed by atoms with E-state index in [0.717, 1.165) is 10.0 Å². The maximum absolute atomic E-state index is 14.4. The summed E-state index contributed by atoms with van der Waals surface area (Å²) in [5.41, 5.74) is -2.32. The number of nitrogens with zero attached hydrogens (tertiary/aromatic N) is 1. The smallest absolute Gasteiger partial charge is 0.221 e. The van der Waals surface area contributed by atoms with E-state index in [2.05, 4.69) is 21.2 Å². The highest BCUT2D eigenvalue weighted by Gasteiger charge is 2.84. The zero-order chi connectivity index (χ0) is 28.3. The molecule has 0 saturated heterocycles. The van der Waals surface area contributed by atoms with Crippen molar-refractivity contribution in [2.24, 2.45) is 0 Å². The van der Waals surface area contributed by atoms with E-state index < -0.39 is 38.2 Å². The molecule has 0 bridgehead atoms. The Morgan fingerprint density at radius 2 is 1.68 bits per heavy atom. The number of nitrogens with one attached hydrogen (secondary N) is 1. The van der Waals surface area contributed by atoms with Gasteiger partial charge < -0.3 is 15.2 Å². The van der Waals surface area contributed by atoms with Gasteiger partial charge in [0.1, 0.15) is 16.7 Å². The van der Waals surface area contributed by atoms with Gasteiger partial charge in [-0.3, -0.25) is 4.79 Å². The highest BCUT2D eigenvalue weighted by molar-refractivity contribution is 9.10. The van der Waals surface area contributed by atoms with Crippen molar-refractivity contribution in [1.29, 1.82) is 0 Å². The Hall–Kier alpha value is -2.95. The normalized spacial score (nSPS) is 27.6. The third kappa shape index (κ3) is 3.90. The van der Waals surface area contributed by atoms with Crippen LogP contribution in [-0.2, 0) is 31.7 Å². The van der Waals surface area contributed by atoms with Crippen LogP contribution in [0.1, 0.15) is 22.6 Å². The minimum absolute atomic E-state index is 0.0112. The van der Waals surface area contributed by atoms with Crippen molar-refractivity contribution in [2.45, 2.75) is 28.9 Å². The van der Waals surface area contributed by atoms with Crippen LogP contribution in [-0.4, -0.2) is 48.1 Å². The summed E-state index contributed by atoms with van der Waals surface area (Å²) in [7, 11) is -2.82. The maximum atomic E-state index is 14.4. The van der Waals surface area contributed by atoms with Crippen LogP contribution in [0.2, 0.25) is 0 Å². The third-order valence-electron chi connectivity index (χ3n) is 7.97. The number of fused-ring (bicyclic) bond motifs is 1. The highest BCUT2D eigenvalue weighted by Crippen LogP contribution is 2.67. The maximum Gasteiger partial charge on any atom is 0.221 e. The van der Waals surface area contributed by atoms with Gasteiger partial charge in [0.2, 0.25) is 15.8 Å².